The zero-order valence-corrected chi connectivity index (χ0v) is 46.2. The monoisotopic (exact) mass is 1090 g/mol. The summed E-state index contributed by atoms with van der Waals surface area (Å²) < 4.78 is 31.1. The number of anilines is 2. The molecule has 1 fully saturated rings. The number of nitrogens with zero attached hydrogens (tertiary/aromatic N) is 5. The Morgan fingerprint density at radius 2 is 1.65 bits per heavy atom. The molecule has 4 aliphatic rings. The largest absolute Gasteiger partial charge is 0.507 e. The van der Waals surface area contributed by atoms with Crippen LogP contribution in [0.25, 0.3) is 38.7 Å². The number of hydrazone groups is 1. The van der Waals surface area contributed by atoms with Crippen molar-refractivity contribution in [3.05, 3.63) is 110 Å². The summed E-state index contributed by atoms with van der Waals surface area (Å²) in [7, 11) is 1.40. The molecular weight excluding hydrogens is 1020 g/mol. The van der Waals surface area contributed by atoms with E-state index in [2.05, 4.69) is 44.5 Å². The molecule has 6 N–H and O–H groups in total. The third-order valence-electron chi connectivity index (χ3n) is 15.3. The third kappa shape index (κ3) is 11.4. The zero-order chi connectivity index (χ0) is 57.4. The van der Waals surface area contributed by atoms with E-state index in [1.54, 1.807) is 45.9 Å². The van der Waals surface area contributed by atoms with Crippen molar-refractivity contribution in [1.82, 2.24) is 20.3 Å². The summed E-state index contributed by atoms with van der Waals surface area (Å²) in [5, 5.41) is 54.0. The minimum atomic E-state index is -2.06. The van der Waals surface area contributed by atoms with Crippen LogP contribution in [0.15, 0.2) is 91.9 Å². The molecule has 2 aromatic heterocycles. The Morgan fingerprint density at radius 3 is 2.32 bits per heavy atom. The molecule has 3 aromatic carbocycles. The van der Waals surface area contributed by atoms with Gasteiger partial charge in [0.05, 0.1) is 35.2 Å². The van der Waals surface area contributed by atoms with E-state index in [0.29, 0.717) is 24.7 Å². The maximum absolute atomic E-state index is 15.0. The zero-order valence-electron chi connectivity index (χ0n) is 46.2. The van der Waals surface area contributed by atoms with Crippen molar-refractivity contribution in [1.29, 1.82) is 0 Å². The lowest BCUT2D eigenvalue weighted by atomic mass is 9.78. The van der Waals surface area contributed by atoms with Crippen LogP contribution in [0.5, 0.6) is 11.5 Å². The SMILES string of the molecule is COC1/C=C/OC2(C)Oc3c(C)c(O)c4c(=O)c(c5oc6cc(N7CCN(CC(C)C)CC7)cc(=O)c6nc5c4c3=C2O)NC(=O)/C(C)=C\C=C\C(C)C(O)C(C)C(O)C(C)C(OC(=O)/C(C)=N/NC(=O)c2ccncc2)C1C. The van der Waals surface area contributed by atoms with Crippen molar-refractivity contribution >= 4 is 73.6 Å². The van der Waals surface area contributed by atoms with Gasteiger partial charge in [0, 0.05) is 123 Å². The van der Waals surface area contributed by atoms with Crippen molar-refractivity contribution in [2.24, 2.45) is 34.7 Å². The van der Waals surface area contributed by atoms with Gasteiger partial charge in [0.15, 0.2) is 22.4 Å². The first-order chi connectivity index (χ1) is 37.5. The molecule has 0 aliphatic carbocycles. The molecule has 4 aliphatic heterocycles. The molecule has 0 radical (unpaired) electrons. The van der Waals surface area contributed by atoms with Crippen LogP contribution in [-0.4, -0.2) is 129 Å². The lowest BCUT2D eigenvalue weighted by molar-refractivity contribution is -0.155. The first-order valence-corrected chi connectivity index (χ1v) is 26.3. The van der Waals surface area contributed by atoms with E-state index in [9.17, 15) is 39.6 Å². The minimum absolute atomic E-state index is 0.0156. The summed E-state index contributed by atoms with van der Waals surface area (Å²) >= 11 is 0. The number of pyridine rings is 1. The van der Waals surface area contributed by atoms with E-state index in [1.165, 1.54) is 83.8 Å². The molecule has 1 saturated heterocycles. The smallest absolute Gasteiger partial charge is 0.354 e. The number of aliphatic hydroxyl groups is 3. The highest BCUT2D eigenvalue weighted by Gasteiger charge is 2.44. The van der Waals surface area contributed by atoms with Gasteiger partial charge >= 0.3 is 11.8 Å². The topological polar surface area (TPSA) is 285 Å². The number of methoxy groups -OCH3 is 1. The van der Waals surface area contributed by atoms with Gasteiger partial charge < -0.3 is 54.0 Å². The number of carbonyl (C=O) groups is 3. The number of hydrogen-bond acceptors (Lipinski definition) is 19. The lowest BCUT2D eigenvalue weighted by Crippen LogP contribution is -2.47. The molecule has 21 heteroatoms. The van der Waals surface area contributed by atoms with Crippen molar-refractivity contribution in [3.63, 3.8) is 0 Å². The highest BCUT2D eigenvalue weighted by atomic mass is 16.7. The Labute approximate surface area is 455 Å². The van der Waals surface area contributed by atoms with Crippen LogP contribution < -0.4 is 36.5 Å². The fourth-order valence-electron chi connectivity index (χ4n) is 10.5. The predicted octanol–water partition coefficient (Wildman–Crippen LogP) is 5.52. The number of benzene rings is 3. The first-order valence-electron chi connectivity index (χ1n) is 26.3. The maximum Gasteiger partial charge on any atom is 0.354 e. The number of piperazine rings is 1. The normalized spacial score (nSPS) is 27.1. The Bertz CT molecular complexity index is 3500. The van der Waals surface area contributed by atoms with Crippen LogP contribution in [0.2, 0.25) is 0 Å². The Kier molecular flexibility index (Phi) is 17.0. The van der Waals surface area contributed by atoms with Gasteiger partial charge in [-0.25, -0.2) is 15.2 Å². The number of ether oxygens (including phenoxy) is 4. The first kappa shape index (κ1) is 57.5. The van der Waals surface area contributed by atoms with Crippen LogP contribution in [0.4, 0.5) is 11.4 Å². The number of aromatic hydroxyl groups is 1. The molecule has 5 bridgehead atoms. The second-order valence-electron chi connectivity index (χ2n) is 21.4. The molecule has 420 valence electrons. The highest BCUT2D eigenvalue weighted by molar-refractivity contribution is 6.35. The fourth-order valence-corrected chi connectivity index (χ4v) is 10.5. The number of aliphatic hydroxyl groups excluding tert-OH is 3. The summed E-state index contributed by atoms with van der Waals surface area (Å²) in [5.41, 5.74) is 0.728. The number of hydrogen-bond donors (Lipinski definition) is 6. The molecule has 9 atom stereocenters. The summed E-state index contributed by atoms with van der Waals surface area (Å²) in [6.07, 6.45) is 5.59. The molecule has 79 heavy (non-hydrogen) atoms. The molecular formula is C58H69N7O14. The van der Waals surface area contributed by atoms with Gasteiger partial charge in [-0.05, 0) is 44.9 Å². The van der Waals surface area contributed by atoms with Gasteiger partial charge in [-0.15, -0.1) is 0 Å². The van der Waals surface area contributed by atoms with Crippen LogP contribution in [0.3, 0.4) is 0 Å². The van der Waals surface area contributed by atoms with Gasteiger partial charge in [0.2, 0.25) is 10.9 Å². The van der Waals surface area contributed by atoms with E-state index in [1.807, 2.05) is 0 Å². The van der Waals surface area contributed by atoms with E-state index >= 15 is 4.79 Å². The summed E-state index contributed by atoms with van der Waals surface area (Å²) in [6.45, 7) is 20.5. The standard InChI is InChI=1S/C58H69N7O14/c1-28(2)27-64-20-22-65(23-21-64)37-25-38(66)44-40(26-37)77-53-45(60-44)41-42-49(69)34(8)52-43(41)54(71)58(10,79-52)76-24-17-39(75-11)31(5)51(78-57(74)35(9)62-63-56(73)36-15-18-59-19-16-36)33(7)48(68)32(6)47(67)29(3)13-12-14-30(4)55(72)61-46(53)50(42)70/h12-19,24-26,28-29,31-33,39,47-48,51,67-69,71H,20-23,27H2,1-11H3,(H,61,72)(H,63,73)/b13-12+,24-17+,30-14-,62-35+. The summed E-state index contributed by atoms with van der Waals surface area (Å²) in [6, 6.07) is 6.07. The molecule has 9 unspecified atom stereocenters. The lowest BCUT2D eigenvalue weighted by Gasteiger charge is -2.38. The number of carbonyl (C=O) groups excluding carboxylic acids is 3. The van der Waals surface area contributed by atoms with Crippen LogP contribution in [0.1, 0.15) is 78.2 Å². The second kappa shape index (κ2) is 23.3. The number of rotatable bonds is 8. The van der Waals surface area contributed by atoms with Crippen LogP contribution in [0, 0.1) is 36.5 Å². The van der Waals surface area contributed by atoms with Gasteiger partial charge in [-0.3, -0.25) is 29.1 Å². The van der Waals surface area contributed by atoms with Gasteiger partial charge in [-0.2, -0.15) is 5.10 Å². The quantitative estimate of drug-likeness (QED) is 0.0367. The number of nitrogens with one attached hydrogen (secondary N) is 2. The number of phenols is 1. The predicted molar refractivity (Wildman–Crippen MR) is 298 cm³/mol. The van der Waals surface area contributed by atoms with Crippen LogP contribution >= 0.6 is 0 Å². The summed E-state index contributed by atoms with van der Waals surface area (Å²) in [5.74, 6) is -8.21. The molecule has 2 amide bonds. The van der Waals surface area contributed by atoms with Gasteiger partial charge in [0.1, 0.15) is 34.5 Å². The van der Waals surface area contributed by atoms with Crippen molar-refractivity contribution < 1.29 is 58.2 Å². The van der Waals surface area contributed by atoms with E-state index in [0.717, 1.165) is 19.6 Å². The molecule has 5 aromatic rings. The average Bonchev–Trinajstić information content (AvgIpc) is 3.70. The molecule has 6 heterocycles. The number of fused-ring (bicyclic) bond motifs is 14. The Hall–Kier alpha value is -7.72. The van der Waals surface area contributed by atoms with E-state index in [-0.39, 0.29) is 66.4 Å². The Balaban J connectivity index is 1.26. The average molecular weight is 1090 g/mol. The number of esters is 1. The molecule has 0 spiro atoms. The third-order valence-corrected chi connectivity index (χ3v) is 15.3. The van der Waals surface area contributed by atoms with E-state index < -0.39 is 99.7 Å². The fraction of sp³-hybridized carbons (Fsp3) is 0.448. The van der Waals surface area contributed by atoms with Crippen molar-refractivity contribution in [2.45, 2.75) is 99.4 Å². The van der Waals surface area contributed by atoms with Crippen molar-refractivity contribution in [2.75, 3.05) is 50.1 Å². The number of phenolic OH excluding ortho intramolecular Hbond substituents is 1. The Morgan fingerprint density at radius 1 is 0.949 bits per heavy atom. The van der Waals surface area contributed by atoms with Gasteiger partial charge in [0.25, 0.3) is 11.8 Å². The van der Waals surface area contributed by atoms with E-state index in [4.69, 9.17) is 28.3 Å². The second-order valence-corrected chi connectivity index (χ2v) is 21.4. The van der Waals surface area contributed by atoms with Gasteiger partial charge in [-0.1, -0.05) is 59.8 Å². The number of allylic oxidation sites excluding steroid dienone is 2. The molecule has 9 rings (SSSR count). The number of amides is 2. The molecule has 21 nitrogen and oxygen atoms in total. The highest BCUT2D eigenvalue weighted by Crippen LogP contribution is 2.42. The minimum Gasteiger partial charge on any atom is -0.507 e. The maximum atomic E-state index is 15.0. The van der Waals surface area contributed by atoms with Crippen LogP contribution in [-0.2, 0) is 23.8 Å². The van der Waals surface area contributed by atoms with Crippen molar-refractivity contribution in [3.8, 4) is 11.5 Å². The number of aromatic nitrogens is 2. The molecule has 0 saturated carbocycles. The summed E-state index contributed by atoms with van der Waals surface area (Å²) in [4.78, 5) is 83.1.